The van der Waals surface area contributed by atoms with Gasteiger partial charge in [0.15, 0.2) is 5.54 Å². The minimum Gasteiger partial charge on any atom is -0.507 e. The van der Waals surface area contributed by atoms with E-state index < -0.39 is 28.9 Å². The van der Waals surface area contributed by atoms with Gasteiger partial charge in [-0.1, -0.05) is 31.2 Å². The van der Waals surface area contributed by atoms with Crippen LogP contribution in [-0.4, -0.2) is 61.0 Å². The number of rotatable bonds is 10. The largest absolute Gasteiger partial charge is 0.507 e. The highest BCUT2D eigenvalue weighted by Gasteiger charge is 2.66. The van der Waals surface area contributed by atoms with Crippen LogP contribution in [0.25, 0.3) is 5.76 Å². The molecule has 2 aliphatic heterocycles. The van der Waals surface area contributed by atoms with Crippen molar-refractivity contribution >= 4 is 29.0 Å². The lowest BCUT2D eigenvalue weighted by Gasteiger charge is -2.34. The molecule has 188 valence electrons. The van der Waals surface area contributed by atoms with Crippen molar-refractivity contribution in [3.05, 3.63) is 77.9 Å². The maximum atomic E-state index is 14.2. The minimum absolute atomic E-state index is 0.0982. The molecule has 1 saturated heterocycles. The Labute approximate surface area is 210 Å². The smallest absolute Gasteiger partial charge is 0.296 e. The lowest BCUT2D eigenvalue weighted by Crippen LogP contribution is -2.52. The third kappa shape index (κ3) is 3.87. The first kappa shape index (κ1) is 25.2. The number of nitrogens with zero attached hydrogens (tertiary/aromatic N) is 2. The first-order valence-electron chi connectivity index (χ1n) is 12.0. The Morgan fingerprint density at radius 1 is 1.08 bits per heavy atom. The molecule has 2 heterocycles. The van der Waals surface area contributed by atoms with Gasteiger partial charge in [-0.25, -0.2) is 0 Å². The molecular weight excluding hydrogens is 460 g/mol. The molecule has 1 atom stereocenters. The molecule has 0 aromatic heterocycles. The summed E-state index contributed by atoms with van der Waals surface area (Å²) >= 11 is 0. The molecule has 0 radical (unpaired) electrons. The van der Waals surface area contributed by atoms with Crippen LogP contribution in [0.3, 0.4) is 0 Å². The summed E-state index contributed by atoms with van der Waals surface area (Å²) in [6.07, 6.45) is 2.84. The molecule has 8 nitrogen and oxygen atoms in total. The third-order valence-corrected chi connectivity index (χ3v) is 6.45. The SMILES string of the molecule is C=CCN1C(=O)C2(/C(=C(/O)c3ccc(OCCC)cc3)C(=O)C(=O)N2CCCOC)c2ccccc21. The summed E-state index contributed by atoms with van der Waals surface area (Å²) in [6, 6.07) is 13.6. The number of likely N-dealkylation sites (tertiary alicyclic amines) is 1. The van der Waals surface area contributed by atoms with Crippen molar-refractivity contribution in [1.29, 1.82) is 0 Å². The number of anilines is 1. The van der Waals surface area contributed by atoms with Crippen LogP contribution in [0.4, 0.5) is 5.69 Å². The molecular formula is C28H30N2O6. The summed E-state index contributed by atoms with van der Waals surface area (Å²) in [5, 5.41) is 11.5. The van der Waals surface area contributed by atoms with E-state index in [0.29, 0.717) is 42.2 Å². The van der Waals surface area contributed by atoms with Gasteiger partial charge in [0.25, 0.3) is 17.6 Å². The minimum atomic E-state index is -1.79. The number of methoxy groups -OCH3 is 1. The van der Waals surface area contributed by atoms with E-state index in [9.17, 15) is 19.5 Å². The molecule has 2 aromatic rings. The van der Waals surface area contributed by atoms with Crippen molar-refractivity contribution in [2.75, 3.05) is 38.3 Å². The molecule has 1 spiro atoms. The van der Waals surface area contributed by atoms with Gasteiger partial charge in [0.1, 0.15) is 11.5 Å². The zero-order valence-electron chi connectivity index (χ0n) is 20.5. The average molecular weight is 491 g/mol. The van der Waals surface area contributed by atoms with Gasteiger partial charge >= 0.3 is 0 Å². The van der Waals surface area contributed by atoms with Crippen LogP contribution in [-0.2, 0) is 24.7 Å². The summed E-state index contributed by atoms with van der Waals surface area (Å²) in [5.74, 6) is -2.01. The summed E-state index contributed by atoms with van der Waals surface area (Å²) in [5.41, 5.74) is -0.687. The number of benzene rings is 2. The molecule has 8 heteroatoms. The fourth-order valence-corrected chi connectivity index (χ4v) is 4.92. The van der Waals surface area contributed by atoms with Crippen LogP contribution in [0.1, 0.15) is 30.9 Å². The quantitative estimate of drug-likeness (QED) is 0.180. The summed E-state index contributed by atoms with van der Waals surface area (Å²) in [4.78, 5) is 43.8. The molecule has 2 aliphatic rings. The Hall–Kier alpha value is -3.91. The number of hydrogen-bond acceptors (Lipinski definition) is 6. The number of aliphatic hydroxyl groups is 1. The fraction of sp³-hybridized carbons (Fsp3) is 0.321. The Kier molecular flexibility index (Phi) is 7.26. The molecule has 2 amide bonds. The van der Waals surface area contributed by atoms with E-state index in [1.807, 2.05) is 6.92 Å². The van der Waals surface area contributed by atoms with Crippen molar-refractivity contribution in [3.8, 4) is 5.75 Å². The standard InChI is InChI=1S/C28H30N2O6/c1-4-15-29-22-10-7-6-9-21(22)28(27(29)34)23(25(32)26(33)30(28)16-8-18-35-3)24(31)19-11-13-20(14-12-19)36-17-5-2/h4,6-7,9-14,31H,1,5,8,15-18H2,2-3H3/b24-23+. The normalized spacial score (nSPS) is 20.3. The van der Waals surface area contributed by atoms with Crippen LogP contribution >= 0.6 is 0 Å². The Balaban J connectivity index is 1.94. The van der Waals surface area contributed by atoms with Crippen LogP contribution in [0.2, 0.25) is 0 Å². The van der Waals surface area contributed by atoms with Gasteiger partial charge in [0, 0.05) is 37.9 Å². The van der Waals surface area contributed by atoms with E-state index in [1.165, 1.54) is 9.80 Å². The van der Waals surface area contributed by atoms with Gasteiger partial charge in [-0.2, -0.15) is 0 Å². The molecule has 36 heavy (non-hydrogen) atoms. The monoisotopic (exact) mass is 490 g/mol. The number of amides is 2. The molecule has 0 aliphatic carbocycles. The third-order valence-electron chi connectivity index (χ3n) is 6.45. The number of ether oxygens (including phenoxy) is 2. The number of para-hydroxylation sites is 1. The first-order chi connectivity index (χ1) is 17.4. The van der Waals surface area contributed by atoms with Gasteiger partial charge < -0.3 is 24.4 Å². The molecule has 2 aromatic carbocycles. The highest BCUT2D eigenvalue weighted by molar-refractivity contribution is 6.50. The van der Waals surface area contributed by atoms with E-state index in [4.69, 9.17) is 9.47 Å². The lowest BCUT2D eigenvalue weighted by molar-refractivity contribution is -0.143. The van der Waals surface area contributed by atoms with Crippen molar-refractivity contribution in [2.45, 2.75) is 25.3 Å². The molecule has 1 N–H and O–H groups in total. The van der Waals surface area contributed by atoms with E-state index >= 15 is 0 Å². The fourth-order valence-electron chi connectivity index (χ4n) is 4.92. The maximum Gasteiger partial charge on any atom is 0.296 e. The Morgan fingerprint density at radius 3 is 2.47 bits per heavy atom. The second kappa shape index (κ2) is 10.4. The van der Waals surface area contributed by atoms with E-state index in [1.54, 1.807) is 61.7 Å². The van der Waals surface area contributed by atoms with Crippen LogP contribution in [0, 0.1) is 0 Å². The van der Waals surface area contributed by atoms with E-state index in [2.05, 4.69) is 6.58 Å². The zero-order chi connectivity index (χ0) is 25.9. The molecule has 1 fully saturated rings. The molecule has 4 rings (SSSR count). The summed E-state index contributed by atoms with van der Waals surface area (Å²) in [6.45, 7) is 6.92. The van der Waals surface area contributed by atoms with Crippen molar-refractivity contribution < 1.29 is 29.0 Å². The van der Waals surface area contributed by atoms with E-state index in [-0.39, 0.29) is 18.7 Å². The average Bonchev–Trinajstić information content (AvgIpc) is 3.27. The van der Waals surface area contributed by atoms with Gasteiger partial charge in [0.2, 0.25) is 0 Å². The van der Waals surface area contributed by atoms with Crippen molar-refractivity contribution in [1.82, 2.24) is 4.90 Å². The number of hydrogen-bond donors (Lipinski definition) is 1. The van der Waals surface area contributed by atoms with Crippen LogP contribution in [0.5, 0.6) is 5.75 Å². The maximum absolute atomic E-state index is 14.2. The number of carbonyl (C=O) groups is 3. The number of ketones is 1. The second-order valence-electron chi connectivity index (χ2n) is 8.66. The topological polar surface area (TPSA) is 96.4 Å². The molecule has 1 unspecified atom stereocenters. The summed E-state index contributed by atoms with van der Waals surface area (Å²) in [7, 11) is 1.54. The van der Waals surface area contributed by atoms with Crippen molar-refractivity contribution in [3.63, 3.8) is 0 Å². The Bertz CT molecular complexity index is 1220. The number of aliphatic hydroxyl groups excluding tert-OH is 1. The number of carbonyl (C=O) groups excluding carboxylic acids is 3. The number of Topliss-reactive ketones (excluding diaryl/α,β-unsaturated/α-hetero) is 1. The first-order valence-corrected chi connectivity index (χ1v) is 12.0. The lowest BCUT2D eigenvalue weighted by atomic mass is 9.82. The van der Waals surface area contributed by atoms with Gasteiger partial charge in [-0.05, 0) is 43.2 Å². The van der Waals surface area contributed by atoms with E-state index in [0.717, 1.165) is 6.42 Å². The van der Waals surface area contributed by atoms with Gasteiger partial charge in [-0.3, -0.25) is 14.4 Å². The van der Waals surface area contributed by atoms with Crippen LogP contribution < -0.4 is 9.64 Å². The molecule has 0 saturated carbocycles. The van der Waals surface area contributed by atoms with Gasteiger partial charge in [-0.15, -0.1) is 6.58 Å². The van der Waals surface area contributed by atoms with Crippen molar-refractivity contribution in [2.24, 2.45) is 0 Å². The van der Waals surface area contributed by atoms with Crippen LogP contribution in [0.15, 0.2) is 66.8 Å². The predicted octanol–water partition coefficient (Wildman–Crippen LogP) is 3.62. The zero-order valence-corrected chi connectivity index (χ0v) is 20.5. The Morgan fingerprint density at radius 2 is 1.81 bits per heavy atom. The second-order valence-corrected chi connectivity index (χ2v) is 8.66. The summed E-state index contributed by atoms with van der Waals surface area (Å²) < 4.78 is 10.8. The van der Waals surface area contributed by atoms with Gasteiger partial charge in [0.05, 0.1) is 17.9 Å². The molecule has 0 bridgehead atoms. The highest BCUT2D eigenvalue weighted by atomic mass is 16.5. The number of fused-ring (bicyclic) bond motifs is 2. The predicted molar refractivity (Wildman–Crippen MR) is 136 cm³/mol. The highest BCUT2D eigenvalue weighted by Crippen LogP contribution is 2.53.